The first-order valence-electron chi connectivity index (χ1n) is 4.93. The number of hydrogen-bond acceptors (Lipinski definition) is 1. The minimum atomic E-state index is -0.138. The second-order valence-electron chi connectivity index (χ2n) is 3.49. The molecule has 0 bridgehead atoms. The van der Waals surface area contributed by atoms with Gasteiger partial charge in [0, 0.05) is 5.56 Å². The Labute approximate surface area is 91.1 Å². The molecule has 1 rings (SSSR count). The van der Waals surface area contributed by atoms with Crippen LogP contribution in [0.1, 0.15) is 30.9 Å². The van der Waals surface area contributed by atoms with E-state index < -0.39 is 0 Å². The van der Waals surface area contributed by atoms with Gasteiger partial charge in [-0.3, -0.25) is 0 Å². The third-order valence-electron chi connectivity index (χ3n) is 2.01. The molecule has 0 saturated carbocycles. The van der Waals surface area contributed by atoms with E-state index in [1.165, 1.54) is 5.56 Å². The average molecular weight is 198 g/mol. The molecule has 1 heteroatoms. The molecule has 0 aliphatic rings. The first-order chi connectivity index (χ1) is 7.24. The van der Waals surface area contributed by atoms with Crippen LogP contribution in [0.15, 0.2) is 24.3 Å². The minimum absolute atomic E-state index is 0.138. The van der Waals surface area contributed by atoms with Crippen molar-refractivity contribution in [1.82, 2.24) is 0 Å². The Morgan fingerprint density at radius 1 is 1.13 bits per heavy atom. The molecule has 0 saturated heterocycles. The van der Waals surface area contributed by atoms with E-state index in [1.807, 2.05) is 12.1 Å². The van der Waals surface area contributed by atoms with Crippen molar-refractivity contribution in [3.05, 3.63) is 35.4 Å². The lowest BCUT2D eigenvalue weighted by atomic mass is 10.0. The Morgan fingerprint density at radius 3 is 2.33 bits per heavy atom. The molecule has 15 heavy (non-hydrogen) atoms. The van der Waals surface area contributed by atoms with Gasteiger partial charge in [-0.25, -0.2) is 0 Å². The number of rotatable bonds is 1. The van der Waals surface area contributed by atoms with Crippen molar-refractivity contribution in [3.63, 3.8) is 0 Å². The molecule has 0 aliphatic heterocycles. The fourth-order valence-corrected chi connectivity index (χ4v) is 1.14. The highest BCUT2D eigenvalue weighted by Crippen LogP contribution is 2.13. The van der Waals surface area contributed by atoms with Crippen LogP contribution in [-0.2, 0) is 0 Å². The molecule has 76 valence electrons. The molecule has 1 aromatic carbocycles. The van der Waals surface area contributed by atoms with Crippen molar-refractivity contribution in [3.8, 4) is 23.7 Å². The van der Waals surface area contributed by atoms with Gasteiger partial charge in [-0.05, 0) is 35.5 Å². The van der Waals surface area contributed by atoms with Crippen molar-refractivity contribution in [2.45, 2.75) is 19.8 Å². The molecule has 1 N–H and O–H groups in total. The van der Waals surface area contributed by atoms with E-state index in [9.17, 15) is 0 Å². The van der Waals surface area contributed by atoms with E-state index >= 15 is 0 Å². The molecule has 0 spiro atoms. The van der Waals surface area contributed by atoms with Gasteiger partial charge >= 0.3 is 0 Å². The predicted octanol–water partition coefficient (Wildman–Crippen LogP) is 2.16. The topological polar surface area (TPSA) is 20.2 Å². The summed E-state index contributed by atoms with van der Waals surface area (Å²) in [5.41, 5.74) is 2.26. The molecular weight excluding hydrogens is 184 g/mol. The predicted molar refractivity (Wildman–Crippen MR) is 62.3 cm³/mol. The van der Waals surface area contributed by atoms with Crippen LogP contribution in [-0.4, -0.2) is 11.7 Å². The lowest BCUT2D eigenvalue weighted by Crippen LogP contribution is -1.86. The van der Waals surface area contributed by atoms with Gasteiger partial charge in [0.15, 0.2) is 0 Å². The van der Waals surface area contributed by atoms with Gasteiger partial charge in [-0.1, -0.05) is 37.8 Å². The van der Waals surface area contributed by atoms with Crippen molar-refractivity contribution in [2.24, 2.45) is 0 Å². The maximum atomic E-state index is 8.42. The number of aliphatic hydroxyl groups excluding tert-OH is 1. The van der Waals surface area contributed by atoms with Crippen LogP contribution < -0.4 is 0 Å². The molecule has 1 nitrogen and oxygen atoms in total. The van der Waals surface area contributed by atoms with Gasteiger partial charge in [-0.2, -0.15) is 0 Å². The second-order valence-corrected chi connectivity index (χ2v) is 3.49. The fraction of sp³-hybridized carbons (Fsp3) is 0.286. The highest BCUT2D eigenvalue weighted by Gasteiger charge is 1.96. The first kappa shape index (κ1) is 11.4. The zero-order chi connectivity index (χ0) is 11.1. The van der Waals surface area contributed by atoms with Gasteiger partial charge in [0.1, 0.15) is 6.61 Å². The molecule has 0 atom stereocenters. The average Bonchev–Trinajstić information content (AvgIpc) is 2.25. The monoisotopic (exact) mass is 198 g/mol. The standard InChI is InChI=1S/C14H14O/c1-12(2)14-9-7-13(8-10-14)6-4-3-5-11-15/h7-10,12,15H,11H2,1-2H3. The lowest BCUT2D eigenvalue weighted by Gasteiger charge is -2.03. The second kappa shape index (κ2) is 5.91. The van der Waals surface area contributed by atoms with Gasteiger partial charge < -0.3 is 5.11 Å². The summed E-state index contributed by atoms with van der Waals surface area (Å²) in [6, 6.07) is 8.13. The molecule has 0 heterocycles. The van der Waals surface area contributed by atoms with Gasteiger partial charge in [0.2, 0.25) is 0 Å². The van der Waals surface area contributed by atoms with E-state index in [4.69, 9.17) is 5.11 Å². The van der Waals surface area contributed by atoms with Gasteiger partial charge in [0.05, 0.1) is 0 Å². The van der Waals surface area contributed by atoms with E-state index in [2.05, 4.69) is 49.7 Å². The Balaban J connectivity index is 2.75. The van der Waals surface area contributed by atoms with Crippen LogP contribution in [0.4, 0.5) is 0 Å². The minimum Gasteiger partial charge on any atom is -0.384 e. The summed E-state index contributed by atoms with van der Waals surface area (Å²) in [5.74, 6) is 11.2. The van der Waals surface area contributed by atoms with Crippen LogP contribution >= 0.6 is 0 Å². The number of benzene rings is 1. The summed E-state index contributed by atoms with van der Waals surface area (Å²) in [6.07, 6.45) is 0. The lowest BCUT2D eigenvalue weighted by molar-refractivity contribution is 0.350. The first-order valence-corrected chi connectivity index (χ1v) is 4.93. The van der Waals surface area contributed by atoms with Crippen LogP contribution in [0.3, 0.4) is 0 Å². The summed E-state index contributed by atoms with van der Waals surface area (Å²) in [7, 11) is 0. The van der Waals surface area contributed by atoms with E-state index in [1.54, 1.807) is 0 Å². The molecule has 0 fully saturated rings. The highest BCUT2D eigenvalue weighted by molar-refractivity contribution is 5.41. The smallest absolute Gasteiger partial charge is 0.105 e. The van der Waals surface area contributed by atoms with Crippen LogP contribution in [0.2, 0.25) is 0 Å². The van der Waals surface area contributed by atoms with Gasteiger partial charge in [-0.15, -0.1) is 0 Å². The van der Waals surface area contributed by atoms with Crippen LogP contribution in [0, 0.1) is 23.7 Å². The van der Waals surface area contributed by atoms with Crippen molar-refractivity contribution < 1.29 is 5.11 Å². The molecule has 0 amide bonds. The molecular formula is C14H14O. The van der Waals surface area contributed by atoms with E-state index in [0.29, 0.717) is 5.92 Å². The van der Waals surface area contributed by atoms with Gasteiger partial charge in [0.25, 0.3) is 0 Å². The third-order valence-corrected chi connectivity index (χ3v) is 2.01. The quantitative estimate of drug-likeness (QED) is 0.686. The normalized spacial score (nSPS) is 8.80. The van der Waals surface area contributed by atoms with Crippen LogP contribution in [0.25, 0.3) is 0 Å². The fourth-order valence-electron chi connectivity index (χ4n) is 1.14. The molecule has 1 aromatic rings. The summed E-state index contributed by atoms with van der Waals surface area (Å²) in [6.45, 7) is 4.18. The Bertz CT molecular complexity index is 418. The van der Waals surface area contributed by atoms with Crippen molar-refractivity contribution in [2.75, 3.05) is 6.61 Å². The Morgan fingerprint density at radius 2 is 1.80 bits per heavy atom. The highest BCUT2D eigenvalue weighted by atomic mass is 16.2. The van der Waals surface area contributed by atoms with Crippen molar-refractivity contribution >= 4 is 0 Å². The summed E-state index contributed by atoms with van der Waals surface area (Å²) >= 11 is 0. The Kier molecular flexibility index (Phi) is 4.48. The SMILES string of the molecule is CC(C)c1ccc(C#CC#CCO)cc1. The van der Waals surface area contributed by atoms with E-state index in [0.717, 1.165) is 5.56 Å². The largest absolute Gasteiger partial charge is 0.384 e. The third kappa shape index (κ3) is 3.90. The van der Waals surface area contributed by atoms with E-state index in [-0.39, 0.29) is 6.61 Å². The van der Waals surface area contributed by atoms with Crippen molar-refractivity contribution in [1.29, 1.82) is 0 Å². The Hall–Kier alpha value is -1.70. The summed E-state index contributed by atoms with van der Waals surface area (Å²) in [4.78, 5) is 0. The molecule has 0 unspecified atom stereocenters. The molecule has 0 aliphatic carbocycles. The summed E-state index contributed by atoms with van der Waals surface area (Å²) < 4.78 is 0. The number of aliphatic hydroxyl groups is 1. The maximum absolute atomic E-state index is 8.42. The molecule has 0 aromatic heterocycles. The van der Waals surface area contributed by atoms with Crippen LogP contribution in [0.5, 0.6) is 0 Å². The molecule has 0 radical (unpaired) electrons. The zero-order valence-corrected chi connectivity index (χ0v) is 9.04. The zero-order valence-electron chi connectivity index (χ0n) is 9.04. The number of hydrogen-bond donors (Lipinski definition) is 1. The summed E-state index contributed by atoms with van der Waals surface area (Å²) in [5, 5.41) is 8.42. The maximum Gasteiger partial charge on any atom is 0.105 e.